The number of carboxylic acids is 1. The van der Waals surface area contributed by atoms with Crippen LogP contribution < -0.4 is 0 Å². The Morgan fingerprint density at radius 2 is 1.94 bits per heavy atom. The van der Waals surface area contributed by atoms with Gasteiger partial charge in [-0.3, -0.25) is 9.59 Å². The molecule has 1 amide bonds. The van der Waals surface area contributed by atoms with Gasteiger partial charge in [-0.15, -0.1) is 0 Å². The lowest BCUT2D eigenvalue weighted by Gasteiger charge is -2.28. The molecule has 1 N–H and O–H groups in total. The van der Waals surface area contributed by atoms with Gasteiger partial charge in [0.15, 0.2) is 0 Å². The average Bonchev–Trinajstić information content (AvgIpc) is 2.52. The highest BCUT2D eigenvalue weighted by Gasteiger charge is 2.39. The molecule has 98 valence electrons. The number of rotatable bonds is 3. The van der Waals surface area contributed by atoms with Crippen molar-refractivity contribution in [2.24, 2.45) is 11.3 Å². The third-order valence-electron chi connectivity index (χ3n) is 3.78. The summed E-state index contributed by atoms with van der Waals surface area (Å²) in [6.07, 6.45) is 4.27. The fraction of sp³-hybridized carbons (Fsp3) is 0.846. The number of amides is 1. The number of likely N-dealkylation sites (tertiary alicyclic amines) is 1. The first-order valence-corrected chi connectivity index (χ1v) is 6.42. The Balaban J connectivity index is 2.67. The largest absolute Gasteiger partial charge is 0.480 e. The van der Waals surface area contributed by atoms with E-state index in [9.17, 15) is 9.59 Å². The van der Waals surface area contributed by atoms with Crippen molar-refractivity contribution in [2.45, 2.75) is 46.5 Å². The molecule has 0 aromatic heterocycles. The van der Waals surface area contributed by atoms with Crippen LogP contribution in [0.2, 0.25) is 0 Å². The number of aliphatic carboxylic acids is 1. The van der Waals surface area contributed by atoms with Crippen molar-refractivity contribution in [3.05, 3.63) is 0 Å². The number of hydrogen-bond acceptors (Lipinski definition) is 2. The minimum Gasteiger partial charge on any atom is -0.480 e. The monoisotopic (exact) mass is 241 g/mol. The van der Waals surface area contributed by atoms with Gasteiger partial charge in [-0.2, -0.15) is 0 Å². The molecule has 1 aliphatic rings. The van der Waals surface area contributed by atoms with Gasteiger partial charge in [0.1, 0.15) is 5.41 Å². The smallest absolute Gasteiger partial charge is 0.318 e. The first kappa shape index (κ1) is 14.0. The number of hydrogen-bond donors (Lipinski definition) is 1. The first-order valence-electron chi connectivity index (χ1n) is 6.42. The lowest BCUT2D eigenvalue weighted by atomic mass is 9.91. The van der Waals surface area contributed by atoms with Gasteiger partial charge in [0, 0.05) is 13.1 Å². The van der Waals surface area contributed by atoms with Crippen LogP contribution in [0.3, 0.4) is 0 Å². The summed E-state index contributed by atoms with van der Waals surface area (Å²) in [5.41, 5.74) is -1.30. The molecule has 0 radical (unpaired) electrons. The predicted octanol–water partition coefficient (Wildman–Crippen LogP) is 2.14. The van der Waals surface area contributed by atoms with Crippen molar-refractivity contribution in [1.29, 1.82) is 0 Å². The Morgan fingerprint density at radius 3 is 2.47 bits per heavy atom. The molecule has 0 aromatic rings. The molecular formula is C13H23NO3. The van der Waals surface area contributed by atoms with E-state index in [4.69, 9.17) is 5.11 Å². The molecule has 1 saturated heterocycles. The van der Waals surface area contributed by atoms with Gasteiger partial charge in [-0.25, -0.2) is 0 Å². The van der Waals surface area contributed by atoms with Gasteiger partial charge in [0.25, 0.3) is 0 Å². The predicted molar refractivity (Wildman–Crippen MR) is 65.6 cm³/mol. The number of carboxylic acid groups (broad SMARTS) is 1. The molecule has 4 heteroatoms. The molecule has 1 heterocycles. The van der Waals surface area contributed by atoms with E-state index in [1.165, 1.54) is 13.8 Å². The Kier molecular flexibility index (Phi) is 4.54. The maximum absolute atomic E-state index is 12.2. The molecule has 0 spiro atoms. The lowest BCUT2D eigenvalue weighted by Crippen LogP contribution is -2.45. The molecule has 0 aliphatic carbocycles. The van der Waals surface area contributed by atoms with Crippen molar-refractivity contribution in [3.63, 3.8) is 0 Å². The van der Waals surface area contributed by atoms with Crippen LogP contribution >= 0.6 is 0 Å². The minimum atomic E-state index is -1.30. The Bertz CT molecular complexity index is 299. The van der Waals surface area contributed by atoms with E-state index < -0.39 is 11.4 Å². The first-order chi connectivity index (χ1) is 7.89. The van der Waals surface area contributed by atoms with Crippen LogP contribution in [0.15, 0.2) is 0 Å². The van der Waals surface area contributed by atoms with Gasteiger partial charge in [-0.1, -0.05) is 13.3 Å². The Hall–Kier alpha value is -1.06. The molecule has 1 unspecified atom stereocenters. The molecule has 0 saturated carbocycles. The summed E-state index contributed by atoms with van der Waals surface area (Å²) in [7, 11) is 0. The number of carbonyl (C=O) groups excluding carboxylic acids is 1. The van der Waals surface area contributed by atoms with E-state index in [1.54, 1.807) is 4.90 Å². The van der Waals surface area contributed by atoms with Gasteiger partial charge >= 0.3 is 5.97 Å². The second-order valence-corrected chi connectivity index (χ2v) is 5.43. The van der Waals surface area contributed by atoms with Gasteiger partial charge in [0.05, 0.1) is 0 Å². The van der Waals surface area contributed by atoms with E-state index in [0.717, 1.165) is 25.7 Å². The fourth-order valence-corrected chi connectivity index (χ4v) is 2.26. The average molecular weight is 241 g/mol. The van der Waals surface area contributed by atoms with Crippen molar-refractivity contribution in [1.82, 2.24) is 4.90 Å². The van der Waals surface area contributed by atoms with Crippen LogP contribution in [-0.4, -0.2) is 35.0 Å². The molecule has 0 bridgehead atoms. The Morgan fingerprint density at radius 1 is 1.29 bits per heavy atom. The molecule has 1 atom stereocenters. The molecule has 1 aliphatic heterocycles. The quantitative estimate of drug-likeness (QED) is 0.770. The topological polar surface area (TPSA) is 57.6 Å². The highest BCUT2D eigenvalue weighted by atomic mass is 16.4. The van der Waals surface area contributed by atoms with E-state index in [-0.39, 0.29) is 5.91 Å². The van der Waals surface area contributed by atoms with Crippen molar-refractivity contribution >= 4 is 11.9 Å². The summed E-state index contributed by atoms with van der Waals surface area (Å²) in [5, 5.41) is 9.06. The summed E-state index contributed by atoms with van der Waals surface area (Å²) in [6, 6.07) is 0. The van der Waals surface area contributed by atoms with E-state index in [2.05, 4.69) is 6.92 Å². The molecule has 17 heavy (non-hydrogen) atoms. The highest BCUT2D eigenvalue weighted by molar-refractivity contribution is 6.00. The van der Waals surface area contributed by atoms with Crippen molar-refractivity contribution < 1.29 is 14.7 Å². The van der Waals surface area contributed by atoms with Gasteiger partial charge < -0.3 is 10.0 Å². The maximum Gasteiger partial charge on any atom is 0.318 e. The number of nitrogens with zero attached hydrogens (tertiary/aromatic N) is 1. The van der Waals surface area contributed by atoms with Crippen LogP contribution in [0.25, 0.3) is 0 Å². The summed E-state index contributed by atoms with van der Waals surface area (Å²) in [5.74, 6) is -0.610. The SMILES string of the molecule is CCC1CCCN(C(=O)C(C)(C)C(=O)O)CC1. The van der Waals surface area contributed by atoms with Crippen molar-refractivity contribution in [2.75, 3.05) is 13.1 Å². The highest BCUT2D eigenvalue weighted by Crippen LogP contribution is 2.25. The van der Waals surface area contributed by atoms with Crippen LogP contribution in [0, 0.1) is 11.3 Å². The van der Waals surface area contributed by atoms with Crippen molar-refractivity contribution in [3.8, 4) is 0 Å². The minimum absolute atomic E-state index is 0.248. The van der Waals surface area contributed by atoms with Gasteiger partial charge in [0.2, 0.25) is 5.91 Å². The molecule has 1 rings (SSSR count). The molecule has 4 nitrogen and oxygen atoms in total. The van der Waals surface area contributed by atoms with E-state index in [0.29, 0.717) is 19.0 Å². The molecule has 1 fully saturated rings. The standard InChI is InChI=1S/C13H23NO3/c1-4-10-6-5-8-14(9-7-10)11(15)13(2,3)12(16)17/h10H,4-9H2,1-3H3,(H,16,17). The molecular weight excluding hydrogens is 218 g/mol. The molecule has 0 aromatic carbocycles. The zero-order chi connectivity index (χ0) is 13.1. The van der Waals surface area contributed by atoms with E-state index in [1.807, 2.05) is 0 Å². The maximum atomic E-state index is 12.2. The summed E-state index contributed by atoms with van der Waals surface area (Å²) < 4.78 is 0. The number of carbonyl (C=O) groups is 2. The van der Waals surface area contributed by atoms with Crippen LogP contribution in [0.4, 0.5) is 0 Å². The third kappa shape index (κ3) is 3.20. The summed E-state index contributed by atoms with van der Waals surface area (Å²) >= 11 is 0. The zero-order valence-corrected chi connectivity index (χ0v) is 11.0. The second kappa shape index (κ2) is 5.52. The second-order valence-electron chi connectivity index (χ2n) is 5.43. The normalized spacial score (nSPS) is 22.1. The van der Waals surface area contributed by atoms with Crippen LogP contribution in [0.5, 0.6) is 0 Å². The fourth-order valence-electron chi connectivity index (χ4n) is 2.26. The van der Waals surface area contributed by atoms with Crippen LogP contribution in [-0.2, 0) is 9.59 Å². The van der Waals surface area contributed by atoms with Crippen LogP contribution in [0.1, 0.15) is 46.5 Å². The third-order valence-corrected chi connectivity index (χ3v) is 3.78. The Labute approximate surface area is 103 Å². The van der Waals surface area contributed by atoms with E-state index >= 15 is 0 Å². The summed E-state index contributed by atoms with van der Waals surface area (Å²) in [4.78, 5) is 24.9. The summed E-state index contributed by atoms with van der Waals surface area (Å²) in [6.45, 7) is 6.54. The zero-order valence-electron chi connectivity index (χ0n) is 11.0. The van der Waals surface area contributed by atoms with Gasteiger partial charge in [-0.05, 0) is 39.0 Å². The lowest BCUT2D eigenvalue weighted by molar-refractivity contribution is -0.158.